The van der Waals surface area contributed by atoms with Crippen LogP contribution in [-0.2, 0) is 9.59 Å². The van der Waals surface area contributed by atoms with Crippen molar-refractivity contribution in [3.8, 4) is 0 Å². The first-order valence-corrected chi connectivity index (χ1v) is 6.17. The molecule has 1 aromatic carbocycles. The van der Waals surface area contributed by atoms with E-state index >= 15 is 0 Å². The Hall–Kier alpha value is -1.84. The van der Waals surface area contributed by atoms with Gasteiger partial charge in [-0.1, -0.05) is 6.07 Å². The molecule has 0 aliphatic rings. The number of nitrogens with one attached hydrogen (secondary N) is 1. The molecule has 0 aromatic heterocycles. The molecule has 98 valence electrons. The lowest BCUT2D eigenvalue weighted by Crippen LogP contribution is -2.39. The van der Waals surface area contributed by atoms with Crippen molar-refractivity contribution in [3.05, 3.63) is 29.3 Å². The molecule has 18 heavy (non-hydrogen) atoms. The maximum Gasteiger partial charge on any atom is 0.313 e. The quantitative estimate of drug-likeness (QED) is 0.833. The van der Waals surface area contributed by atoms with Crippen LogP contribution < -0.4 is 5.32 Å². The summed E-state index contributed by atoms with van der Waals surface area (Å²) < 4.78 is 0. The summed E-state index contributed by atoms with van der Waals surface area (Å²) in [4.78, 5) is 25.0. The van der Waals surface area contributed by atoms with E-state index in [4.69, 9.17) is 0 Å². The minimum atomic E-state index is -0.582. The molecule has 0 saturated carbocycles. The van der Waals surface area contributed by atoms with Crippen molar-refractivity contribution in [2.45, 2.75) is 27.7 Å². The van der Waals surface area contributed by atoms with Crippen LogP contribution in [0.15, 0.2) is 18.2 Å². The van der Waals surface area contributed by atoms with E-state index in [2.05, 4.69) is 5.32 Å². The average molecular weight is 248 g/mol. The number of aryl methyl sites for hydroxylation is 2. The molecule has 2 amide bonds. The van der Waals surface area contributed by atoms with Crippen LogP contribution >= 0.6 is 0 Å². The number of benzene rings is 1. The third-order valence-electron chi connectivity index (χ3n) is 3.01. The summed E-state index contributed by atoms with van der Waals surface area (Å²) in [5, 5.41) is 2.63. The highest BCUT2D eigenvalue weighted by molar-refractivity contribution is 6.39. The summed E-state index contributed by atoms with van der Waals surface area (Å²) in [5.41, 5.74) is 2.90. The Morgan fingerprint density at radius 2 is 1.72 bits per heavy atom. The molecule has 0 heterocycles. The highest BCUT2D eigenvalue weighted by Gasteiger charge is 2.19. The van der Waals surface area contributed by atoms with Gasteiger partial charge in [0.2, 0.25) is 0 Å². The van der Waals surface area contributed by atoms with Crippen molar-refractivity contribution in [2.75, 3.05) is 18.4 Å². The first kappa shape index (κ1) is 14.2. The molecule has 1 N–H and O–H groups in total. The fraction of sp³-hybridized carbons (Fsp3) is 0.429. The van der Waals surface area contributed by atoms with E-state index in [0.717, 1.165) is 11.1 Å². The third kappa shape index (κ3) is 3.32. The van der Waals surface area contributed by atoms with Crippen LogP contribution in [-0.4, -0.2) is 29.8 Å². The second-order valence-electron chi connectivity index (χ2n) is 4.23. The number of anilines is 1. The molecule has 0 aliphatic heterocycles. The first-order valence-electron chi connectivity index (χ1n) is 6.17. The van der Waals surface area contributed by atoms with Crippen LogP contribution in [0.4, 0.5) is 5.69 Å². The van der Waals surface area contributed by atoms with Gasteiger partial charge >= 0.3 is 11.8 Å². The van der Waals surface area contributed by atoms with Crippen molar-refractivity contribution < 1.29 is 9.59 Å². The van der Waals surface area contributed by atoms with E-state index < -0.39 is 11.8 Å². The van der Waals surface area contributed by atoms with Crippen LogP contribution in [0, 0.1) is 13.8 Å². The fourth-order valence-electron chi connectivity index (χ4n) is 1.66. The predicted molar refractivity (Wildman–Crippen MR) is 72.5 cm³/mol. The molecule has 4 nitrogen and oxygen atoms in total. The van der Waals surface area contributed by atoms with Crippen LogP contribution in [0.5, 0.6) is 0 Å². The number of carbonyl (C=O) groups is 2. The smallest absolute Gasteiger partial charge is 0.313 e. The second-order valence-corrected chi connectivity index (χ2v) is 4.23. The number of hydrogen-bond donors (Lipinski definition) is 1. The van der Waals surface area contributed by atoms with Crippen molar-refractivity contribution in [1.82, 2.24) is 4.90 Å². The monoisotopic (exact) mass is 248 g/mol. The summed E-state index contributed by atoms with van der Waals surface area (Å²) in [6, 6.07) is 5.59. The van der Waals surface area contributed by atoms with Crippen LogP contribution in [0.1, 0.15) is 25.0 Å². The normalized spacial score (nSPS) is 10.0. The van der Waals surface area contributed by atoms with Crippen molar-refractivity contribution in [3.63, 3.8) is 0 Å². The standard InChI is InChI=1S/C14H20N2O2/c1-5-16(6-2)14(18)13(17)15-12-8-7-10(3)11(4)9-12/h7-9H,5-6H2,1-4H3,(H,15,17). The zero-order chi connectivity index (χ0) is 13.7. The van der Waals surface area contributed by atoms with Gasteiger partial charge in [0.15, 0.2) is 0 Å². The number of carbonyl (C=O) groups excluding carboxylic acids is 2. The zero-order valence-electron chi connectivity index (χ0n) is 11.4. The fourth-order valence-corrected chi connectivity index (χ4v) is 1.66. The SMILES string of the molecule is CCN(CC)C(=O)C(=O)Nc1ccc(C)c(C)c1. The molecule has 0 radical (unpaired) electrons. The summed E-state index contributed by atoms with van der Waals surface area (Å²) in [7, 11) is 0. The number of nitrogens with zero attached hydrogens (tertiary/aromatic N) is 1. The maximum absolute atomic E-state index is 11.8. The summed E-state index contributed by atoms with van der Waals surface area (Å²) in [6.45, 7) is 8.75. The number of hydrogen-bond acceptors (Lipinski definition) is 2. The van der Waals surface area contributed by atoms with E-state index in [1.807, 2.05) is 39.8 Å². The van der Waals surface area contributed by atoms with Gasteiger partial charge in [0.25, 0.3) is 0 Å². The van der Waals surface area contributed by atoms with E-state index in [1.165, 1.54) is 4.90 Å². The third-order valence-corrected chi connectivity index (χ3v) is 3.01. The Morgan fingerprint density at radius 1 is 1.11 bits per heavy atom. The molecule has 0 unspecified atom stereocenters. The van der Waals surface area contributed by atoms with Gasteiger partial charge in [0.05, 0.1) is 0 Å². The lowest BCUT2D eigenvalue weighted by atomic mass is 10.1. The Balaban J connectivity index is 2.75. The van der Waals surface area contributed by atoms with Crippen molar-refractivity contribution >= 4 is 17.5 Å². The molecule has 1 rings (SSSR count). The van der Waals surface area contributed by atoms with Gasteiger partial charge in [-0.3, -0.25) is 9.59 Å². The van der Waals surface area contributed by atoms with Crippen molar-refractivity contribution in [1.29, 1.82) is 0 Å². The largest absolute Gasteiger partial charge is 0.335 e. The second kappa shape index (κ2) is 6.19. The Morgan fingerprint density at radius 3 is 2.22 bits per heavy atom. The van der Waals surface area contributed by atoms with Gasteiger partial charge < -0.3 is 10.2 Å². The Kier molecular flexibility index (Phi) is 4.89. The van der Waals surface area contributed by atoms with Crippen LogP contribution in [0.25, 0.3) is 0 Å². The molecule has 0 spiro atoms. The minimum absolute atomic E-state index is 0.488. The molecule has 0 saturated heterocycles. The minimum Gasteiger partial charge on any atom is -0.335 e. The van der Waals surface area contributed by atoms with E-state index in [-0.39, 0.29) is 0 Å². The van der Waals surface area contributed by atoms with Gasteiger partial charge in [-0.2, -0.15) is 0 Å². The van der Waals surface area contributed by atoms with E-state index in [9.17, 15) is 9.59 Å². The van der Waals surface area contributed by atoms with Gasteiger partial charge in [-0.25, -0.2) is 0 Å². The molecule has 0 bridgehead atoms. The molecule has 4 heteroatoms. The highest BCUT2D eigenvalue weighted by Crippen LogP contribution is 2.14. The van der Waals surface area contributed by atoms with Crippen molar-refractivity contribution in [2.24, 2.45) is 0 Å². The summed E-state index contributed by atoms with van der Waals surface area (Å²) in [5.74, 6) is -1.07. The number of amides is 2. The van der Waals surface area contributed by atoms with Gasteiger partial charge in [-0.05, 0) is 51.0 Å². The zero-order valence-corrected chi connectivity index (χ0v) is 11.4. The van der Waals surface area contributed by atoms with Crippen LogP contribution in [0.3, 0.4) is 0 Å². The molecule has 0 fully saturated rings. The number of rotatable bonds is 3. The Bertz CT molecular complexity index is 451. The molecule has 0 atom stereocenters. The van der Waals surface area contributed by atoms with Gasteiger partial charge in [-0.15, -0.1) is 0 Å². The first-order chi connectivity index (χ1) is 8.49. The highest BCUT2D eigenvalue weighted by atomic mass is 16.2. The van der Waals surface area contributed by atoms with Gasteiger partial charge in [0.1, 0.15) is 0 Å². The van der Waals surface area contributed by atoms with E-state index in [0.29, 0.717) is 18.8 Å². The predicted octanol–water partition coefficient (Wildman–Crippen LogP) is 2.11. The molecular formula is C14H20N2O2. The maximum atomic E-state index is 11.8. The Labute approximate surface area is 108 Å². The molecule has 1 aromatic rings. The summed E-state index contributed by atoms with van der Waals surface area (Å²) >= 11 is 0. The molecular weight excluding hydrogens is 228 g/mol. The lowest BCUT2D eigenvalue weighted by molar-refractivity contribution is -0.142. The van der Waals surface area contributed by atoms with Crippen LogP contribution in [0.2, 0.25) is 0 Å². The average Bonchev–Trinajstić information content (AvgIpc) is 2.35. The lowest BCUT2D eigenvalue weighted by Gasteiger charge is -2.17. The number of likely N-dealkylation sites (N-methyl/N-ethyl adjacent to an activating group) is 1. The van der Waals surface area contributed by atoms with Gasteiger partial charge in [0, 0.05) is 18.8 Å². The topological polar surface area (TPSA) is 49.4 Å². The molecule has 0 aliphatic carbocycles. The van der Waals surface area contributed by atoms with E-state index in [1.54, 1.807) is 6.07 Å². The summed E-state index contributed by atoms with van der Waals surface area (Å²) in [6.07, 6.45) is 0.